The number of amides is 1. The maximum Gasteiger partial charge on any atom is 0.287 e. The van der Waals surface area contributed by atoms with Crippen LogP contribution in [0, 0.1) is 6.92 Å². The minimum Gasteiger partial charge on any atom is -0.459 e. The molecule has 0 aliphatic carbocycles. The van der Waals surface area contributed by atoms with Gasteiger partial charge in [0.1, 0.15) is 0 Å². The van der Waals surface area contributed by atoms with E-state index in [0.717, 1.165) is 62.7 Å². The smallest absolute Gasteiger partial charge is 0.287 e. The highest BCUT2D eigenvalue weighted by molar-refractivity contribution is 5.92. The molecule has 0 aromatic carbocycles. The number of carbonyl (C=O) groups excluding carboxylic acids is 1. The second-order valence-corrected chi connectivity index (χ2v) is 7.82. The van der Waals surface area contributed by atoms with Crippen molar-refractivity contribution in [2.75, 3.05) is 32.7 Å². The summed E-state index contributed by atoms with van der Waals surface area (Å²) < 4.78 is 5.21. The van der Waals surface area contributed by atoms with Gasteiger partial charge in [0.2, 0.25) is 0 Å². The van der Waals surface area contributed by atoms with Gasteiger partial charge in [0.15, 0.2) is 11.7 Å². The Morgan fingerprint density at radius 3 is 2.77 bits per heavy atom. The molecule has 0 unspecified atom stereocenters. The predicted molar refractivity (Wildman–Crippen MR) is 122 cm³/mol. The molecule has 1 aliphatic heterocycles. The van der Waals surface area contributed by atoms with E-state index in [4.69, 9.17) is 4.42 Å². The van der Waals surface area contributed by atoms with Crippen molar-refractivity contribution in [1.82, 2.24) is 25.8 Å². The summed E-state index contributed by atoms with van der Waals surface area (Å²) >= 11 is 0. The van der Waals surface area contributed by atoms with Gasteiger partial charge in [-0.25, -0.2) is 0 Å². The Morgan fingerprint density at radius 1 is 1.26 bits per heavy atom. The van der Waals surface area contributed by atoms with Gasteiger partial charge in [-0.1, -0.05) is 6.07 Å². The maximum absolute atomic E-state index is 12.1. The number of furan rings is 1. The highest BCUT2D eigenvalue weighted by Crippen LogP contribution is 2.13. The van der Waals surface area contributed by atoms with Crippen LogP contribution >= 0.6 is 0 Å². The summed E-state index contributed by atoms with van der Waals surface area (Å²) in [4.78, 5) is 23.6. The second kappa shape index (κ2) is 12.1. The topological polar surface area (TPSA) is 94.8 Å². The van der Waals surface area contributed by atoms with E-state index in [1.54, 1.807) is 6.07 Å². The van der Waals surface area contributed by atoms with E-state index in [9.17, 15) is 4.79 Å². The molecule has 1 saturated heterocycles. The SMILES string of the molecule is CCNC(=NCCCNC(=O)c1occc1C)NC1CCN(Cc2ccccn2)CC1. The van der Waals surface area contributed by atoms with Gasteiger partial charge in [-0.2, -0.15) is 0 Å². The summed E-state index contributed by atoms with van der Waals surface area (Å²) in [5.74, 6) is 1.06. The van der Waals surface area contributed by atoms with E-state index in [1.807, 2.05) is 25.3 Å². The summed E-state index contributed by atoms with van der Waals surface area (Å²) in [7, 11) is 0. The normalized spacial score (nSPS) is 15.6. The van der Waals surface area contributed by atoms with Gasteiger partial charge in [0.05, 0.1) is 12.0 Å². The quantitative estimate of drug-likeness (QED) is 0.324. The number of nitrogens with zero attached hydrogens (tertiary/aromatic N) is 3. The number of aliphatic imine (C=N–C) groups is 1. The molecule has 0 atom stereocenters. The van der Waals surface area contributed by atoms with Gasteiger partial charge < -0.3 is 20.4 Å². The number of guanidine groups is 1. The van der Waals surface area contributed by atoms with Crippen LogP contribution in [-0.4, -0.2) is 60.5 Å². The van der Waals surface area contributed by atoms with E-state index < -0.39 is 0 Å². The Labute approximate surface area is 184 Å². The third-order valence-electron chi connectivity index (χ3n) is 5.34. The highest BCUT2D eigenvalue weighted by atomic mass is 16.3. The highest BCUT2D eigenvalue weighted by Gasteiger charge is 2.20. The number of likely N-dealkylation sites (tertiary alicyclic amines) is 1. The standard InChI is InChI=1S/C23H34N6O2/c1-3-24-23(27-13-6-12-26-22(30)21-18(2)10-16-31-21)28-19-8-14-29(15-9-19)17-20-7-4-5-11-25-20/h4-5,7,10-11,16,19H,3,6,8-9,12-15,17H2,1-2H3,(H,26,30)(H2,24,27,28). The van der Waals surface area contributed by atoms with Gasteiger partial charge in [-0.05, 0) is 51.3 Å². The summed E-state index contributed by atoms with van der Waals surface area (Å²) in [6, 6.07) is 8.28. The molecule has 0 radical (unpaired) electrons. The summed E-state index contributed by atoms with van der Waals surface area (Å²) in [6.07, 6.45) is 6.31. The van der Waals surface area contributed by atoms with Crippen LogP contribution in [0.25, 0.3) is 0 Å². The van der Waals surface area contributed by atoms with Gasteiger partial charge in [-0.3, -0.25) is 19.7 Å². The lowest BCUT2D eigenvalue weighted by Gasteiger charge is -2.32. The number of hydrogen-bond donors (Lipinski definition) is 3. The molecule has 2 aromatic rings. The van der Waals surface area contributed by atoms with Crippen LogP contribution in [0.5, 0.6) is 0 Å². The summed E-state index contributed by atoms with van der Waals surface area (Å²) in [5, 5.41) is 9.77. The molecular formula is C23H34N6O2. The fraction of sp³-hybridized carbons (Fsp3) is 0.522. The Bertz CT molecular complexity index is 828. The second-order valence-electron chi connectivity index (χ2n) is 7.82. The molecule has 1 fully saturated rings. The molecule has 1 amide bonds. The molecule has 8 heteroatoms. The van der Waals surface area contributed by atoms with Crippen LogP contribution in [0.4, 0.5) is 0 Å². The third-order valence-corrected chi connectivity index (χ3v) is 5.34. The van der Waals surface area contributed by atoms with E-state index in [-0.39, 0.29) is 5.91 Å². The molecule has 2 aromatic heterocycles. The third kappa shape index (κ3) is 7.40. The van der Waals surface area contributed by atoms with Crippen LogP contribution in [0.15, 0.2) is 46.1 Å². The first kappa shape index (κ1) is 22.8. The Hall–Kier alpha value is -2.87. The average molecular weight is 427 g/mol. The number of piperidine rings is 1. The van der Waals surface area contributed by atoms with Crippen molar-refractivity contribution in [3.05, 3.63) is 53.7 Å². The average Bonchev–Trinajstić information content (AvgIpc) is 3.21. The lowest BCUT2D eigenvalue weighted by Crippen LogP contribution is -2.48. The van der Waals surface area contributed by atoms with Gasteiger partial charge in [0.25, 0.3) is 5.91 Å². The molecule has 0 saturated carbocycles. The molecule has 3 rings (SSSR count). The van der Waals surface area contributed by atoms with Crippen molar-refractivity contribution in [1.29, 1.82) is 0 Å². The molecule has 168 valence electrons. The van der Waals surface area contributed by atoms with E-state index in [0.29, 0.717) is 24.9 Å². The fourth-order valence-corrected chi connectivity index (χ4v) is 3.63. The van der Waals surface area contributed by atoms with E-state index >= 15 is 0 Å². The summed E-state index contributed by atoms with van der Waals surface area (Å²) in [5.41, 5.74) is 1.97. The van der Waals surface area contributed by atoms with Crippen LogP contribution in [-0.2, 0) is 6.54 Å². The first-order chi connectivity index (χ1) is 15.2. The molecule has 3 heterocycles. The lowest BCUT2D eigenvalue weighted by atomic mass is 10.0. The lowest BCUT2D eigenvalue weighted by molar-refractivity contribution is 0.0925. The number of hydrogen-bond acceptors (Lipinski definition) is 5. The number of carbonyl (C=O) groups is 1. The minimum atomic E-state index is -0.172. The van der Waals surface area contributed by atoms with Crippen molar-refractivity contribution < 1.29 is 9.21 Å². The van der Waals surface area contributed by atoms with Gasteiger partial charge in [-0.15, -0.1) is 0 Å². The number of aryl methyl sites for hydroxylation is 1. The molecule has 0 spiro atoms. The number of aromatic nitrogens is 1. The largest absolute Gasteiger partial charge is 0.459 e. The number of rotatable bonds is 9. The first-order valence-corrected chi connectivity index (χ1v) is 11.1. The molecule has 31 heavy (non-hydrogen) atoms. The Balaban J connectivity index is 1.36. The van der Waals surface area contributed by atoms with Crippen LogP contribution < -0.4 is 16.0 Å². The zero-order valence-corrected chi connectivity index (χ0v) is 18.6. The molecule has 0 bridgehead atoms. The van der Waals surface area contributed by atoms with Crippen molar-refractivity contribution >= 4 is 11.9 Å². The van der Waals surface area contributed by atoms with Crippen molar-refractivity contribution in [2.45, 2.75) is 45.7 Å². The fourth-order valence-electron chi connectivity index (χ4n) is 3.63. The zero-order chi connectivity index (χ0) is 21.9. The molecule has 1 aliphatic rings. The summed E-state index contributed by atoms with van der Waals surface area (Å²) in [6.45, 7) is 8.96. The number of pyridine rings is 1. The minimum absolute atomic E-state index is 0.172. The predicted octanol–water partition coefficient (Wildman–Crippen LogP) is 2.32. The molecule has 3 N–H and O–H groups in total. The molecular weight excluding hydrogens is 392 g/mol. The van der Waals surface area contributed by atoms with Crippen LogP contribution in [0.1, 0.15) is 48.0 Å². The van der Waals surface area contributed by atoms with Gasteiger partial charge >= 0.3 is 0 Å². The first-order valence-electron chi connectivity index (χ1n) is 11.1. The molecule has 8 nitrogen and oxygen atoms in total. The Kier molecular flexibility index (Phi) is 8.90. The van der Waals surface area contributed by atoms with E-state index in [2.05, 4.69) is 43.8 Å². The van der Waals surface area contributed by atoms with E-state index in [1.165, 1.54) is 6.26 Å². The maximum atomic E-state index is 12.1. The van der Waals surface area contributed by atoms with Crippen LogP contribution in [0.2, 0.25) is 0 Å². The van der Waals surface area contributed by atoms with Crippen LogP contribution in [0.3, 0.4) is 0 Å². The Morgan fingerprint density at radius 2 is 2.10 bits per heavy atom. The van der Waals surface area contributed by atoms with Crippen molar-refractivity contribution in [3.63, 3.8) is 0 Å². The van der Waals surface area contributed by atoms with Gasteiger partial charge in [0, 0.05) is 57.1 Å². The van der Waals surface area contributed by atoms with Crippen molar-refractivity contribution in [3.8, 4) is 0 Å². The zero-order valence-electron chi connectivity index (χ0n) is 18.6. The monoisotopic (exact) mass is 426 g/mol. The van der Waals surface area contributed by atoms with Crippen molar-refractivity contribution in [2.24, 2.45) is 4.99 Å². The number of nitrogens with one attached hydrogen (secondary N) is 3.